The van der Waals surface area contributed by atoms with Gasteiger partial charge in [0.15, 0.2) is 11.6 Å². The summed E-state index contributed by atoms with van der Waals surface area (Å²) in [4.78, 5) is 25.1. The molecule has 1 spiro atoms. The van der Waals surface area contributed by atoms with Gasteiger partial charge in [0.1, 0.15) is 11.8 Å². The Labute approximate surface area is 215 Å². The summed E-state index contributed by atoms with van der Waals surface area (Å²) in [5, 5.41) is 13.8. The van der Waals surface area contributed by atoms with Crippen molar-refractivity contribution in [2.45, 2.75) is 19.3 Å². The van der Waals surface area contributed by atoms with Crippen molar-refractivity contribution in [3.63, 3.8) is 0 Å². The molecule has 3 aromatic rings. The number of ether oxygens (including phenoxy) is 1. The lowest BCUT2D eigenvalue weighted by molar-refractivity contribution is -0.0318. The Morgan fingerprint density at radius 2 is 2.03 bits per heavy atom. The van der Waals surface area contributed by atoms with Gasteiger partial charge < -0.3 is 26.0 Å². The first-order chi connectivity index (χ1) is 17.9. The third kappa shape index (κ3) is 5.26. The van der Waals surface area contributed by atoms with Gasteiger partial charge in [-0.2, -0.15) is 10.4 Å². The van der Waals surface area contributed by atoms with Crippen molar-refractivity contribution >= 4 is 11.7 Å². The van der Waals surface area contributed by atoms with Crippen LogP contribution in [-0.2, 0) is 0 Å². The Kier molecular flexibility index (Phi) is 6.78. The Morgan fingerprint density at radius 1 is 1.24 bits per heavy atom. The van der Waals surface area contributed by atoms with E-state index in [4.69, 9.17) is 16.2 Å². The van der Waals surface area contributed by atoms with Crippen LogP contribution in [0.4, 0.5) is 5.82 Å². The summed E-state index contributed by atoms with van der Waals surface area (Å²) in [6.07, 6.45) is 7.77. The van der Waals surface area contributed by atoms with Crippen LogP contribution < -0.4 is 16.2 Å². The zero-order chi connectivity index (χ0) is 26.0. The van der Waals surface area contributed by atoms with Crippen LogP contribution in [0, 0.1) is 16.7 Å². The van der Waals surface area contributed by atoms with Crippen molar-refractivity contribution < 1.29 is 9.53 Å². The van der Waals surface area contributed by atoms with Gasteiger partial charge in [0, 0.05) is 31.4 Å². The number of carbonyl (C=O) groups is 1. The molecule has 0 unspecified atom stereocenters. The zero-order valence-corrected chi connectivity index (χ0v) is 20.9. The molecular formula is C26H31N9O2. The van der Waals surface area contributed by atoms with E-state index in [0.29, 0.717) is 34.6 Å². The predicted octanol–water partition coefficient (Wildman–Crippen LogP) is 1.68. The summed E-state index contributed by atoms with van der Waals surface area (Å²) in [5.74, 6) is 0.349. The summed E-state index contributed by atoms with van der Waals surface area (Å²) in [6.45, 7) is 6.32. The van der Waals surface area contributed by atoms with Gasteiger partial charge in [0.2, 0.25) is 0 Å². The number of rotatable bonds is 8. The number of aromatic nitrogens is 4. The maximum atomic E-state index is 11.4. The third-order valence-electron chi connectivity index (χ3n) is 7.26. The van der Waals surface area contributed by atoms with E-state index in [1.54, 1.807) is 12.1 Å². The molecular weight excluding hydrogens is 470 g/mol. The highest BCUT2D eigenvalue weighted by atomic mass is 16.5. The number of nitrogens with two attached hydrogens (primary N) is 2. The van der Waals surface area contributed by atoms with Gasteiger partial charge in [0.25, 0.3) is 5.91 Å². The SMILES string of the molecule is CN1CC2(CCN(CCCOc3ccc(-c4cnc(N)c(-n5cc(C(N)=O)cn5)n4)cc3C#N)CC2)C1. The van der Waals surface area contributed by atoms with Gasteiger partial charge in [0.05, 0.1) is 35.8 Å². The molecule has 5 rings (SSSR count). The number of hydrogen-bond donors (Lipinski definition) is 2. The Hall–Kier alpha value is -4.01. The molecule has 11 nitrogen and oxygen atoms in total. The topological polar surface area (TPSA) is 152 Å². The van der Waals surface area contributed by atoms with E-state index in [-0.39, 0.29) is 17.2 Å². The van der Waals surface area contributed by atoms with E-state index in [1.165, 1.54) is 49.2 Å². The fourth-order valence-corrected chi connectivity index (χ4v) is 5.30. The van der Waals surface area contributed by atoms with E-state index >= 15 is 0 Å². The van der Waals surface area contributed by atoms with Crippen LogP contribution in [0.1, 0.15) is 35.2 Å². The predicted molar refractivity (Wildman–Crippen MR) is 138 cm³/mol. The van der Waals surface area contributed by atoms with Gasteiger partial charge in [-0.25, -0.2) is 14.6 Å². The van der Waals surface area contributed by atoms with Gasteiger partial charge in [-0.1, -0.05) is 0 Å². The molecule has 0 saturated carbocycles. The summed E-state index contributed by atoms with van der Waals surface area (Å²) < 4.78 is 7.31. The molecule has 192 valence electrons. The number of nitrogens with zero attached hydrogens (tertiary/aromatic N) is 7. The summed E-state index contributed by atoms with van der Waals surface area (Å²) >= 11 is 0. The monoisotopic (exact) mass is 501 g/mol. The van der Waals surface area contributed by atoms with Crippen LogP contribution in [0.15, 0.2) is 36.8 Å². The van der Waals surface area contributed by atoms with Crippen molar-refractivity contribution in [2.24, 2.45) is 11.1 Å². The molecule has 0 aliphatic carbocycles. The normalized spacial score (nSPS) is 17.3. The molecule has 2 saturated heterocycles. The first-order valence-corrected chi connectivity index (χ1v) is 12.4. The highest BCUT2D eigenvalue weighted by Gasteiger charge is 2.42. The van der Waals surface area contributed by atoms with E-state index in [1.807, 2.05) is 6.07 Å². The second-order valence-electron chi connectivity index (χ2n) is 10.0. The largest absolute Gasteiger partial charge is 0.492 e. The van der Waals surface area contributed by atoms with Crippen molar-refractivity contribution in [3.05, 3.63) is 47.9 Å². The summed E-state index contributed by atoms with van der Waals surface area (Å²) in [6, 6.07) is 7.54. The van der Waals surface area contributed by atoms with Crippen LogP contribution in [0.5, 0.6) is 5.75 Å². The number of amides is 1. The highest BCUT2D eigenvalue weighted by molar-refractivity contribution is 5.92. The highest BCUT2D eigenvalue weighted by Crippen LogP contribution is 2.39. The maximum Gasteiger partial charge on any atom is 0.251 e. The average molecular weight is 502 g/mol. The standard InChI is InChI=1S/C26H31N9O2/c1-33-16-26(17-33)5-8-34(9-6-26)7-2-10-37-22-4-3-18(11-19(22)12-27)21-14-30-23(28)25(32-21)35-15-20(13-31-35)24(29)36/h3-4,11,13-15H,2,5-10,16-17H2,1H3,(H2,28,30)(H2,29,36). The number of primary amides is 1. The second kappa shape index (κ2) is 10.2. The molecule has 4 heterocycles. The molecule has 11 heteroatoms. The Balaban J connectivity index is 1.20. The minimum Gasteiger partial charge on any atom is -0.492 e. The lowest BCUT2D eigenvalue weighted by Gasteiger charge is -2.53. The minimum absolute atomic E-state index is 0.146. The third-order valence-corrected chi connectivity index (χ3v) is 7.26. The van der Waals surface area contributed by atoms with Crippen LogP contribution >= 0.6 is 0 Å². The number of anilines is 1. The van der Waals surface area contributed by atoms with E-state index in [9.17, 15) is 10.1 Å². The molecule has 2 aliphatic rings. The lowest BCUT2D eigenvalue weighted by Crippen LogP contribution is -2.58. The average Bonchev–Trinajstić information content (AvgIpc) is 3.38. The molecule has 2 aliphatic heterocycles. The smallest absolute Gasteiger partial charge is 0.251 e. The number of hydrogen-bond acceptors (Lipinski definition) is 9. The summed E-state index contributed by atoms with van der Waals surface area (Å²) in [7, 11) is 2.20. The molecule has 0 bridgehead atoms. The zero-order valence-electron chi connectivity index (χ0n) is 20.9. The van der Waals surface area contributed by atoms with Crippen molar-refractivity contribution in [1.29, 1.82) is 5.26 Å². The molecule has 2 aromatic heterocycles. The molecule has 0 atom stereocenters. The van der Waals surface area contributed by atoms with Crippen LogP contribution in [0.2, 0.25) is 0 Å². The minimum atomic E-state index is -0.603. The van der Waals surface area contributed by atoms with Crippen molar-refractivity contribution in [3.8, 4) is 28.9 Å². The molecule has 2 fully saturated rings. The van der Waals surface area contributed by atoms with Gasteiger partial charge in [-0.15, -0.1) is 0 Å². The number of benzene rings is 1. The van der Waals surface area contributed by atoms with Crippen molar-refractivity contribution in [2.75, 3.05) is 52.1 Å². The lowest BCUT2D eigenvalue weighted by atomic mass is 9.72. The molecule has 4 N–H and O–H groups in total. The van der Waals surface area contributed by atoms with Gasteiger partial charge >= 0.3 is 0 Å². The first kappa shape index (κ1) is 24.7. The second-order valence-corrected chi connectivity index (χ2v) is 10.0. The number of nitriles is 1. The van der Waals surface area contributed by atoms with Crippen molar-refractivity contribution in [1.82, 2.24) is 29.5 Å². The Bertz CT molecular complexity index is 1330. The molecule has 0 radical (unpaired) electrons. The number of carbonyl (C=O) groups excluding carboxylic acids is 1. The van der Waals surface area contributed by atoms with Crippen LogP contribution in [0.3, 0.4) is 0 Å². The molecule has 1 aromatic carbocycles. The molecule has 37 heavy (non-hydrogen) atoms. The number of nitrogen functional groups attached to an aromatic ring is 1. The summed E-state index contributed by atoms with van der Waals surface area (Å²) in [5.41, 5.74) is 13.7. The van der Waals surface area contributed by atoms with E-state index < -0.39 is 5.91 Å². The fourth-order valence-electron chi connectivity index (χ4n) is 5.30. The maximum absolute atomic E-state index is 11.4. The quantitative estimate of drug-likeness (QED) is 0.439. The first-order valence-electron chi connectivity index (χ1n) is 12.4. The number of piperidine rings is 1. The molecule has 1 amide bonds. The van der Waals surface area contributed by atoms with Gasteiger partial charge in [-0.05, 0) is 63.0 Å². The van der Waals surface area contributed by atoms with Gasteiger partial charge in [-0.3, -0.25) is 4.79 Å². The Morgan fingerprint density at radius 3 is 2.70 bits per heavy atom. The van der Waals surface area contributed by atoms with Crippen LogP contribution in [-0.4, -0.2) is 81.8 Å². The number of likely N-dealkylation sites (tertiary alicyclic amines) is 2. The fraction of sp³-hybridized carbons (Fsp3) is 0.423. The van der Waals surface area contributed by atoms with Crippen LogP contribution in [0.25, 0.3) is 17.1 Å². The van der Waals surface area contributed by atoms with E-state index in [2.05, 4.69) is 38.0 Å². The van der Waals surface area contributed by atoms with E-state index in [0.717, 1.165) is 26.1 Å².